The van der Waals surface area contributed by atoms with E-state index >= 15 is 0 Å². The van der Waals surface area contributed by atoms with Gasteiger partial charge in [0.05, 0.1) is 7.11 Å². The number of nitrogens with zero attached hydrogens (tertiary/aromatic N) is 2. The van der Waals surface area contributed by atoms with Crippen LogP contribution in [0.1, 0.15) is 16.1 Å². The van der Waals surface area contributed by atoms with Gasteiger partial charge in [0.1, 0.15) is 17.1 Å². The zero-order valence-electron chi connectivity index (χ0n) is 12.6. The maximum absolute atomic E-state index is 12.0. The molecule has 0 saturated carbocycles. The zero-order valence-corrected chi connectivity index (χ0v) is 12.6. The van der Waals surface area contributed by atoms with E-state index in [2.05, 4.69) is 15.4 Å². The molecule has 0 bridgehead atoms. The Morgan fingerprint density at radius 3 is 2.65 bits per heavy atom. The number of aromatic amines is 1. The zero-order chi connectivity index (χ0) is 16.6. The molecule has 8 heteroatoms. The Morgan fingerprint density at radius 1 is 1.35 bits per heavy atom. The molecule has 0 saturated heterocycles. The van der Waals surface area contributed by atoms with Gasteiger partial charge in [-0.25, -0.2) is 4.98 Å². The van der Waals surface area contributed by atoms with Crippen LogP contribution < -0.4 is 21.3 Å². The molecular weight excluding hydrogens is 298 g/mol. The molecule has 1 aromatic carbocycles. The van der Waals surface area contributed by atoms with Gasteiger partial charge >= 0.3 is 0 Å². The van der Waals surface area contributed by atoms with Gasteiger partial charge in [-0.1, -0.05) is 0 Å². The van der Waals surface area contributed by atoms with Crippen molar-refractivity contribution in [3.63, 3.8) is 0 Å². The number of fused-ring (bicyclic) bond motifs is 1. The van der Waals surface area contributed by atoms with Gasteiger partial charge in [-0.3, -0.25) is 14.7 Å². The molecule has 3 aromatic rings. The van der Waals surface area contributed by atoms with Crippen molar-refractivity contribution < 1.29 is 9.53 Å². The summed E-state index contributed by atoms with van der Waals surface area (Å²) in [7, 11) is 1.58. The first-order valence-corrected chi connectivity index (χ1v) is 6.83. The van der Waals surface area contributed by atoms with Crippen molar-refractivity contribution in [2.75, 3.05) is 12.4 Å². The Bertz CT molecular complexity index is 940. The number of ether oxygens (including phenoxy) is 1. The summed E-state index contributed by atoms with van der Waals surface area (Å²) < 4.78 is 6.27. The molecule has 3 rings (SSSR count). The first-order chi connectivity index (χ1) is 11.0. The van der Waals surface area contributed by atoms with Crippen LogP contribution in [0.25, 0.3) is 5.65 Å². The number of nitrogens with two attached hydrogens (primary N) is 1. The van der Waals surface area contributed by atoms with Crippen LogP contribution in [0.5, 0.6) is 5.75 Å². The average molecular weight is 313 g/mol. The third-order valence-electron chi connectivity index (χ3n) is 3.35. The van der Waals surface area contributed by atoms with Crippen LogP contribution in [0.15, 0.2) is 35.1 Å². The fourth-order valence-electron chi connectivity index (χ4n) is 2.29. The minimum absolute atomic E-state index is 0.126. The van der Waals surface area contributed by atoms with E-state index in [1.807, 2.05) is 0 Å². The van der Waals surface area contributed by atoms with E-state index in [1.54, 1.807) is 38.3 Å². The number of aromatic nitrogens is 3. The van der Waals surface area contributed by atoms with Crippen LogP contribution in [0.2, 0.25) is 0 Å². The van der Waals surface area contributed by atoms with E-state index in [4.69, 9.17) is 10.5 Å². The number of methoxy groups -OCH3 is 1. The Morgan fingerprint density at radius 2 is 2.04 bits per heavy atom. The molecule has 0 unspecified atom stereocenters. The lowest BCUT2D eigenvalue weighted by molar-refractivity contribution is 0.100. The monoisotopic (exact) mass is 313 g/mol. The maximum Gasteiger partial charge on any atom is 0.272 e. The molecule has 2 aromatic heterocycles. The van der Waals surface area contributed by atoms with Gasteiger partial charge in [0.25, 0.3) is 11.5 Å². The predicted molar refractivity (Wildman–Crippen MR) is 85.3 cm³/mol. The van der Waals surface area contributed by atoms with Crippen LogP contribution in [0.4, 0.5) is 11.5 Å². The van der Waals surface area contributed by atoms with E-state index < -0.39 is 5.91 Å². The molecule has 0 radical (unpaired) electrons. The quantitative estimate of drug-likeness (QED) is 0.669. The van der Waals surface area contributed by atoms with Crippen molar-refractivity contribution >= 4 is 23.1 Å². The van der Waals surface area contributed by atoms with Crippen molar-refractivity contribution in [3.8, 4) is 5.75 Å². The van der Waals surface area contributed by atoms with E-state index in [-0.39, 0.29) is 16.8 Å². The van der Waals surface area contributed by atoms with Crippen LogP contribution >= 0.6 is 0 Å². The minimum Gasteiger partial charge on any atom is -0.497 e. The van der Waals surface area contributed by atoms with Crippen molar-refractivity contribution in [2.45, 2.75) is 6.92 Å². The number of hydrogen-bond donors (Lipinski definition) is 3. The summed E-state index contributed by atoms with van der Waals surface area (Å²) in [4.78, 5) is 28.0. The molecule has 0 fully saturated rings. The molecule has 2 heterocycles. The summed E-state index contributed by atoms with van der Waals surface area (Å²) in [5, 5.41) is 5.85. The van der Waals surface area contributed by atoms with Crippen LogP contribution in [-0.4, -0.2) is 27.6 Å². The number of aryl methyl sites for hydroxylation is 1. The summed E-state index contributed by atoms with van der Waals surface area (Å²) in [6.45, 7) is 1.68. The highest BCUT2D eigenvalue weighted by Gasteiger charge is 2.19. The number of carbonyl (C=O) groups excluding carboxylic acids is 1. The SMILES string of the molecule is COc1ccc(Nc2[nH]n3c(=O)cc(C)nc3c2C(N)=O)cc1. The summed E-state index contributed by atoms with van der Waals surface area (Å²) in [6, 6.07) is 8.45. The standard InChI is InChI=1S/C15H15N5O3/c1-8-7-11(21)20-15(17-8)12(13(16)22)14(19-20)18-9-3-5-10(23-2)6-4-9/h3-7,18-19H,1-2H3,(H2,16,22). The molecule has 1 amide bonds. The first kappa shape index (κ1) is 14.6. The van der Waals surface area contributed by atoms with Crippen molar-refractivity contribution in [1.82, 2.24) is 14.6 Å². The largest absolute Gasteiger partial charge is 0.497 e. The number of hydrogen-bond acceptors (Lipinski definition) is 5. The lowest BCUT2D eigenvalue weighted by atomic mass is 10.2. The molecular formula is C15H15N5O3. The topological polar surface area (TPSA) is 115 Å². The smallest absolute Gasteiger partial charge is 0.272 e. The molecule has 8 nitrogen and oxygen atoms in total. The summed E-state index contributed by atoms with van der Waals surface area (Å²) in [6.07, 6.45) is 0. The lowest BCUT2D eigenvalue weighted by Crippen LogP contribution is -2.16. The van der Waals surface area contributed by atoms with Gasteiger partial charge in [0.2, 0.25) is 0 Å². The Hall–Kier alpha value is -3.29. The molecule has 23 heavy (non-hydrogen) atoms. The number of nitrogens with one attached hydrogen (secondary N) is 2. The van der Waals surface area contributed by atoms with Gasteiger partial charge in [-0.15, -0.1) is 0 Å². The fourth-order valence-corrected chi connectivity index (χ4v) is 2.29. The Labute approximate surface area is 130 Å². The highest BCUT2D eigenvalue weighted by molar-refractivity contribution is 6.04. The predicted octanol–water partition coefficient (Wildman–Crippen LogP) is 1.18. The van der Waals surface area contributed by atoms with Crippen molar-refractivity contribution in [1.29, 1.82) is 0 Å². The first-order valence-electron chi connectivity index (χ1n) is 6.83. The third-order valence-corrected chi connectivity index (χ3v) is 3.35. The maximum atomic E-state index is 12.0. The van der Waals surface area contributed by atoms with Gasteiger partial charge in [0.15, 0.2) is 5.65 Å². The summed E-state index contributed by atoms with van der Waals surface area (Å²) >= 11 is 0. The number of rotatable bonds is 4. The van der Waals surface area contributed by atoms with Crippen molar-refractivity contribution in [3.05, 3.63) is 51.9 Å². The van der Waals surface area contributed by atoms with Crippen molar-refractivity contribution in [2.24, 2.45) is 5.73 Å². The van der Waals surface area contributed by atoms with Gasteiger partial charge in [-0.2, -0.15) is 4.52 Å². The highest BCUT2D eigenvalue weighted by atomic mass is 16.5. The average Bonchev–Trinajstić information content (AvgIpc) is 2.86. The Kier molecular flexibility index (Phi) is 3.49. The van der Waals surface area contributed by atoms with Crippen LogP contribution in [-0.2, 0) is 0 Å². The van der Waals surface area contributed by atoms with E-state index in [9.17, 15) is 9.59 Å². The number of primary amides is 1. The van der Waals surface area contributed by atoms with Crippen LogP contribution in [0.3, 0.4) is 0 Å². The van der Waals surface area contributed by atoms with Gasteiger partial charge in [-0.05, 0) is 31.2 Å². The minimum atomic E-state index is -0.683. The molecule has 0 aliphatic carbocycles. The normalized spacial score (nSPS) is 10.7. The molecule has 0 aliphatic rings. The second-order valence-corrected chi connectivity index (χ2v) is 4.97. The van der Waals surface area contributed by atoms with E-state index in [0.717, 1.165) is 0 Å². The number of amides is 1. The second-order valence-electron chi connectivity index (χ2n) is 4.97. The van der Waals surface area contributed by atoms with Crippen LogP contribution in [0, 0.1) is 6.92 Å². The van der Waals surface area contributed by atoms with E-state index in [1.165, 1.54) is 10.6 Å². The number of benzene rings is 1. The molecule has 0 spiro atoms. The highest BCUT2D eigenvalue weighted by Crippen LogP contribution is 2.23. The molecule has 0 atom stereocenters. The fraction of sp³-hybridized carbons (Fsp3) is 0.133. The molecule has 4 N–H and O–H groups in total. The van der Waals surface area contributed by atoms with Gasteiger partial charge in [0, 0.05) is 17.4 Å². The van der Waals surface area contributed by atoms with E-state index in [0.29, 0.717) is 22.9 Å². The summed E-state index contributed by atoms with van der Waals surface area (Å²) in [5.41, 5.74) is 6.65. The number of carbonyl (C=O) groups is 1. The van der Waals surface area contributed by atoms with Gasteiger partial charge < -0.3 is 15.8 Å². The number of H-pyrrole nitrogens is 1. The number of anilines is 2. The second kappa shape index (κ2) is 5.48. The summed E-state index contributed by atoms with van der Waals surface area (Å²) in [5.74, 6) is 0.325. The lowest BCUT2D eigenvalue weighted by Gasteiger charge is -2.06. The molecule has 118 valence electrons. The third kappa shape index (κ3) is 2.61. The Balaban J connectivity index is 2.12. The molecule has 0 aliphatic heterocycles.